The molecule has 1 aliphatic carbocycles. The molecular weight excluding hydrogens is 424 g/mol. The number of aromatic nitrogens is 5. The first-order valence-corrected chi connectivity index (χ1v) is 11.1. The van der Waals surface area contributed by atoms with Crippen LogP contribution in [-0.2, 0) is 6.54 Å². The summed E-state index contributed by atoms with van der Waals surface area (Å²) in [5, 5.41) is 8.99. The van der Waals surface area contributed by atoms with Gasteiger partial charge in [-0.1, -0.05) is 18.2 Å². The monoisotopic (exact) mass is 451 g/mol. The molecule has 5 rings (SSSR count). The fourth-order valence-electron chi connectivity index (χ4n) is 4.75. The fourth-order valence-corrected chi connectivity index (χ4v) is 4.75. The molecule has 1 saturated carbocycles. The number of benzene rings is 1. The van der Waals surface area contributed by atoms with Gasteiger partial charge in [0.15, 0.2) is 5.82 Å². The minimum Gasteiger partial charge on any atom is -0.382 e. The first-order chi connectivity index (χ1) is 15.8. The lowest BCUT2D eigenvalue weighted by atomic mass is 9.92. The molecule has 9 heteroatoms. The van der Waals surface area contributed by atoms with Crippen LogP contribution in [0.25, 0.3) is 28.0 Å². The number of halogens is 2. The number of hydrogen-bond acceptors (Lipinski definition) is 5. The highest BCUT2D eigenvalue weighted by Gasteiger charge is 2.36. The van der Waals surface area contributed by atoms with Gasteiger partial charge in [-0.15, -0.1) is 0 Å². The summed E-state index contributed by atoms with van der Waals surface area (Å²) in [6.45, 7) is 0.820. The molecule has 172 valence electrons. The highest BCUT2D eigenvalue weighted by Crippen LogP contribution is 2.41. The number of fused-ring (bicyclic) bond motifs is 1. The minimum absolute atomic E-state index is 0.0812. The van der Waals surface area contributed by atoms with Gasteiger partial charge in [-0.3, -0.25) is 4.68 Å². The van der Waals surface area contributed by atoms with Gasteiger partial charge in [-0.2, -0.15) is 10.2 Å². The van der Waals surface area contributed by atoms with E-state index in [9.17, 15) is 8.78 Å². The van der Waals surface area contributed by atoms with Crippen LogP contribution in [0.3, 0.4) is 0 Å². The Kier molecular flexibility index (Phi) is 5.36. The van der Waals surface area contributed by atoms with Crippen molar-refractivity contribution in [2.24, 2.45) is 0 Å². The summed E-state index contributed by atoms with van der Waals surface area (Å²) in [5.74, 6) is -2.23. The van der Waals surface area contributed by atoms with Crippen LogP contribution in [0.15, 0.2) is 48.9 Å². The Hall–Kier alpha value is -3.33. The molecule has 3 aromatic heterocycles. The van der Waals surface area contributed by atoms with Crippen molar-refractivity contribution in [1.82, 2.24) is 29.3 Å². The lowest BCUT2D eigenvalue weighted by Crippen LogP contribution is -2.27. The quantitative estimate of drug-likeness (QED) is 0.478. The smallest absolute Gasteiger partial charge is 0.248 e. The largest absolute Gasteiger partial charge is 0.382 e. The van der Waals surface area contributed by atoms with Gasteiger partial charge in [-0.25, -0.2) is 18.3 Å². The van der Waals surface area contributed by atoms with Crippen molar-refractivity contribution < 1.29 is 8.78 Å². The van der Waals surface area contributed by atoms with E-state index in [2.05, 4.69) is 32.2 Å². The number of nitrogens with two attached hydrogens (primary N) is 1. The summed E-state index contributed by atoms with van der Waals surface area (Å²) >= 11 is 0. The summed E-state index contributed by atoms with van der Waals surface area (Å²) < 4.78 is 31.1. The molecule has 7 nitrogen and oxygen atoms in total. The molecule has 1 aliphatic rings. The maximum absolute atomic E-state index is 13.7. The van der Waals surface area contributed by atoms with Gasteiger partial charge in [0.05, 0.1) is 17.4 Å². The van der Waals surface area contributed by atoms with Crippen LogP contribution < -0.4 is 5.73 Å². The molecule has 0 atom stereocenters. The van der Waals surface area contributed by atoms with Crippen molar-refractivity contribution in [3.8, 4) is 22.5 Å². The Morgan fingerprint density at radius 1 is 1.09 bits per heavy atom. The molecule has 0 saturated heterocycles. The molecule has 2 N–H and O–H groups in total. The lowest BCUT2D eigenvalue weighted by molar-refractivity contribution is -0.0448. The summed E-state index contributed by atoms with van der Waals surface area (Å²) in [6, 6.07) is 12.2. The maximum atomic E-state index is 13.7. The van der Waals surface area contributed by atoms with Crippen LogP contribution >= 0.6 is 0 Å². The van der Waals surface area contributed by atoms with E-state index in [0.717, 1.165) is 29.1 Å². The normalized spacial score (nSPS) is 16.6. The zero-order valence-electron chi connectivity index (χ0n) is 18.7. The summed E-state index contributed by atoms with van der Waals surface area (Å²) in [4.78, 5) is 6.33. The fraction of sp³-hybridized carbons (Fsp3) is 0.375. The topological polar surface area (TPSA) is 77.3 Å². The van der Waals surface area contributed by atoms with E-state index in [-0.39, 0.29) is 18.9 Å². The highest BCUT2D eigenvalue weighted by molar-refractivity contribution is 5.90. The average molecular weight is 452 g/mol. The third-order valence-electron chi connectivity index (χ3n) is 6.28. The molecule has 4 aromatic rings. The van der Waals surface area contributed by atoms with Gasteiger partial charge in [0, 0.05) is 36.7 Å². The summed E-state index contributed by atoms with van der Waals surface area (Å²) in [7, 11) is 4.07. The van der Waals surface area contributed by atoms with E-state index >= 15 is 0 Å². The zero-order chi connectivity index (χ0) is 23.2. The van der Waals surface area contributed by atoms with Gasteiger partial charge < -0.3 is 10.6 Å². The van der Waals surface area contributed by atoms with Crippen LogP contribution in [0, 0.1) is 0 Å². The van der Waals surface area contributed by atoms with Crippen molar-refractivity contribution in [3.63, 3.8) is 0 Å². The predicted molar refractivity (Wildman–Crippen MR) is 124 cm³/mol. The SMILES string of the molecule is CN(C)Cc1cccc(-c2cc(-c3ccnn3C3CCC(F)(F)CC3)c3c(N)ncnn23)c1. The molecular formula is C24H27F2N7. The first-order valence-electron chi connectivity index (χ1n) is 11.1. The van der Waals surface area contributed by atoms with Crippen molar-refractivity contribution in [2.75, 3.05) is 19.8 Å². The molecule has 0 aliphatic heterocycles. The molecule has 0 radical (unpaired) electrons. The first kappa shape index (κ1) is 21.5. The predicted octanol–water partition coefficient (Wildman–Crippen LogP) is 4.65. The van der Waals surface area contributed by atoms with Gasteiger partial charge in [0.1, 0.15) is 11.8 Å². The number of nitrogens with zero attached hydrogens (tertiary/aromatic N) is 6. The summed E-state index contributed by atoms with van der Waals surface area (Å²) in [5.41, 5.74) is 11.8. The second-order valence-electron chi connectivity index (χ2n) is 9.04. The van der Waals surface area contributed by atoms with Crippen molar-refractivity contribution in [1.29, 1.82) is 0 Å². The van der Waals surface area contributed by atoms with Crippen LogP contribution in [0.1, 0.15) is 37.3 Å². The molecule has 1 fully saturated rings. The lowest BCUT2D eigenvalue weighted by Gasteiger charge is -2.29. The standard InChI is InChI=1S/C24H27F2N7/c1-31(2)14-16-4-3-5-17(12-16)21-13-19(22-23(27)28-15-30-33(21)22)20-8-11-29-32(20)18-6-9-24(25,26)10-7-18/h3-5,8,11-13,15,18H,6-7,9-10,14H2,1-2H3,(H2,27,28,30). The number of anilines is 1. The minimum atomic E-state index is -2.59. The molecule has 1 aromatic carbocycles. The van der Waals surface area contributed by atoms with Crippen molar-refractivity contribution >= 4 is 11.3 Å². The Bertz CT molecular complexity index is 1280. The molecule has 0 amide bonds. The van der Waals surface area contributed by atoms with Crippen LogP contribution in [-0.4, -0.2) is 49.3 Å². The Balaban J connectivity index is 1.62. The van der Waals surface area contributed by atoms with E-state index < -0.39 is 5.92 Å². The average Bonchev–Trinajstić information content (AvgIpc) is 3.39. The Morgan fingerprint density at radius 2 is 1.88 bits per heavy atom. The van der Waals surface area contributed by atoms with Gasteiger partial charge in [0.2, 0.25) is 5.92 Å². The third-order valence-corrected chi connectivity index (χ3v) is 6.28. The van der Waals surface area contributed by atoms with Crippen LogP contribution in [0.4, 0.5) is 14.6 Å². The van der Waals surface area contributed by atoms with Gasteiger partial charge >= 0.3 is 0 Å². The maximum Gasteiger partial charge on any atom is 0.248 e. The zero-order valence-corrected chi connectivity index (χ0v) is 18.7. The molecule has 0 spiro atoms. The van der Waals surface area contributed by atoms with E-state index in [4.69, 9.17) is 5.73 Å². The molecule has 33 heavy (non-hydrogen) atoms. The number of nitrogen functional groups attached to an aromatic ring is 1. The highest BCUT2D eigenvalue weighted by atomic mass is 19.3. The van der Waals surface area contributed by atoms with Gasteiger partial charge in [-0.05, 0) is 50.7 Å². The van der Waals surface area contributed by atoms with Crippen molar-refractivity contribution in [3.05, 3.63) is 54.5 Å². The van der Waals surface area contributed by atoms with E-state index in [1.54, 1.807) is 10.7 Å². The van der Waals surface area contributed by atoms with Crippen LogP contribution in [0.2, 0.25) is 0 Å². The van der Waals surface area contributed by atoms with Crippen LogP contribution in [0.5, 0.6) is 0 Å². The third kappa shape index (κ3) is 4.08. The molecule has 0 unspecified atom stereocenters. The Labute approximate surface area is 190 Å². The second kappa shape index (κ2) is 8.22. The van der Waals surface area contributed by atoms with E-state index in [1.807, 2.05) is 43.0 Å². The number of rotatable bonds is 5. The number of alkyl halides is 2. The van der Waals surface area contributed by atoms with Gasteiger partial charge in [0.25, 0.3) is 0 Å². The van der Waals surface area contributed by atoms with Crippen molar-refractivity contribution in [2.45, 2.75) is 44.2 Å². The molecule has 0 bridgehead atoms. The van der Waals surface area contributed by atoms with E-state index in [0.29, 0.717) is 24.2 Å². The number of hydrogen-bond donors (Lipinski definition) is 1. The molecule has 3 heterocycles. The van der Waals surface area contributed by atoms with E-state index in [1.165, 1.54) is 11.9 Å². The second-order valence-corrected chi connectivity index (χ2v) is 9.04. The summed E-state index contributed by atoms with van der Waals surface area (Å²) in [6.07, 6.45) is 3.69. The Morgan fingerprint density at radius 3 is 2.64 bits per heavy atom.